The fourth-order valence-electron chi connectivity index (χ4n) is 3.19. The summed E-state index contributed by atoms with van der Waals surface area (Å²) in [5, 5.41) is 11.1. The third kappa shape index (κ3) is 5.40. The molecule has 2 aromatic carbocycles. The van der Waals surface area contributed by atoms with Gasteiger partial charge in [-0.15, -0.1) is 6.58 Å². The van der Waals surface area contributed by atoms with Crippen LogP contribution in [-0.2, 0) is 20.8 Å². The second-order valence-corrected chi connectivity index (χ2v) is 8.77. The zero-order valence-electron chi connectivity index (χ0n) is 17.4. The van der Waals surface area contributed by atoms with Gasteiger partial charge in [-0.1, -0.05) is 22.0 Å². The minimum atomic E-state index is -1.13. The Balaban J connectivity index is 2.03. The molecule has 0 unspecified atom stereocenters. The molecule has 3 rings (SSSR count). The summed E-state index contributed by atoms with van der Waals surface area (Å²) < 4.78 is 6.61. The van der Waals surface area contributed by atoms with Gasteiger partial charge in [0, 0.05) is 4.47 Å². The molecule has 0 saturated carbocycles. The van der Waals surface area contributed by atoms with Gasteiger partial charge < -0.3 is 9.84 Å². The van der Waals surface area contributed by atoms with Gasteiger partial charge in [0.25, 0.3) is 11.8 Å². The molecule has 1 heterocycles. The topological polar surface area (TPSA) is 113 Å². The molecule has 1 aliphatic heterocycles. The van der Waals surface area contributed by atoms with Gasteiger partial charge in [-0.25, -0.2) is 14.5 Å². The van der Waals surface area contributed by atoms with Crippen molar-refractivity contribution in [1.82, 2.24) is 5.32 Å². The number of benzene rings is 2. The number of ether oxygens (including phenoxy) is 1. The van der Waals surface area contributed by atoms with Crippen LogP contribution >= 0.6 is 31.9 Å². The van der Waals surface area contributed by atoms with Gasteiger partial charge in [-0.05, 0) is 82.4 Å². The number of halogens is 2. The molecule has 0 bridgehead atoms. The van der Waals surface area contributed by atoms with E-state index in [0.717, 1.165) is 14.9 Å². The molecule has 1 saturated heterocycles. The quantitative estimate of drug-likeness (QED) is 0.287. The number of urea groups is 1. The lowest BCUT2D eigenvalue weighted by Gasteiger charge is -2.26. The van der Waals surface area contributed by atoms with E-state index in [4.69, 9.17) is 9.84 Å². The molecule has 8 nitrogen and oxygen atoms in total. The number of nitrogens with zero attached hydrogens (tertiary/aromatic N) is 1. The molecule has 0 radical (unpaired) electrons. The number of nitrogens with one attached hydrogen (secondary N) is 1. The predicted octanol–water partition coefficient (Wildman–Crippen LogP) is 4.38. The first-order valence-electron chi connectivity index (χ1n) is 9.58. The van der Waals surface area contributed by atoms with Gasteiger partial charge in [0.2, 0.25) is 0 Å². The number of carbonyl (C=O) groups is 4. The van der Waals surface area contributed by atoms with Crippen molar-refractivity contribution in [2.24, 2.45) is 0 Å². The van der Waals surface area contributed by atoms with Gasteiger partial charge in [0.15, 0.2) is 6.61 Å². The van der Waals surface area contributed by atoms with E-state index in [1.165, 1.54) is 6.08 Å². The molecule has 2 aromatic rings. The SMILES string of the molecule is C=CCc1cc(/C=C2\C(=O)NC(=O)N(c3ccc(Br)c(C)c3)C2=O)cc(Br)c1OCC(=O)O. The number of barbiturate groups is 1. The molecule has 170 valence electrons. The Morgan fingerprint density at radius 3 is 2.55 bits per heavy atom. The third-order valence-electron chi connectivity index (χ3n) is 4.66. The van der Waals surface area contributed by atoms with Gasteiger partial charge in [-0.3, -0.25) is 14.9 Å². The molecule has 0 atom stereocenters. The standard InChI is InChI=1S/C23H18Br2N2O6/c1-3-4-14-8-13(10-18(25)20(14)33-11-19(28)29)9-16-21(30)26-23(32)27(22(16)31)15-5-6-17(24)12(2)7-15/h3,5-10H,1,4,11H2,2H3,(H,28,29)(H,26,30,32)/b16-9+. The van der Waals surface area contributed by atoms with Crippen molar-refractivity contribution in [3.8, 4) is 5.75 Å². The minimum Gasteiger partial charge on any atom is -0.480 e. The van der Waals surface area contributed by atoms with E-state index in [9.17, 15) is 19.2 Å². The molecule has 1 fully saturated rings. The predicted molar refractivity (Wildman–Crippen MR) is 129 cm³/mol. The van der Waals surface area contributed by atoms with Gasteiger partial charge in [0.1, 0.15) is 11.3 Å². The second kappa shape index (κ2) is 10.1. The van der Waals surface area contributed by atoms with Crippen LogP contribution in [0.15, 0.2) is 57.5 Å². The molecular weight excluding hydrogens is 560 g/mol. The van der Waals surface area contributed by atoms with Crippen molar-refractivity contribution < 1.29 is 29.0 Å². The van der Waals surface area contributed by atoms with Crippen molar-refractivity contribution in [2.45, 2.75) is 13.3 Å². The number of allylic oxidation sites excluding steroid dienone is 1. The Kier molecular flexibility index (Phi) is 7.50. The highest BCUT2D eigenvalue weighted by Gasteiger charge is 2.37. The van der Waals surface area contributed by atoms with Crippen LogP contribution in [0.2, 0.25) is 0 Å². The van der Waals surface area contributed by atoms with Gasteiger partial charge in [-0.2, -0.15) is 0 Å². The number of aliphatic carboxylic acids is 1. The Labute approximate surface area is 206 Å². The van der Waals surface area contributed by atoms with Gasteiger partial charge in [0.05, 0.1) is 10.2 Å². The summed E-state index contributed by atoms with van der Waals surface area (Å²) in [6, 6.07) is 7.36. The first-order valence-corrected chi connectivity index (χ1v) is 11.2. The number of carboxylic acids is 1. The van der Waals surface area contributed by atoms with Crippen LogP contribution < -0.4 is 15.0 Å². The van der Waals surface area contributed by atoms with Crippen LogP contribution in [0.25, 0.3) is 6.08 Å². The van der Waals surface area contributed by atoms with Crippen LogP contribution in [0.4, 0.5) is 10.5 Å². The van der Waals surface area contributed by atoms with Crippen molar-refractivity contribution in [3.05, 3.63) is 74.2 Å². The third-order valence-corrected chi connectivity index (χ3v) is 6.14. The fourth-order valence-corrected chi connectivity index (χ4v) is 4.07. The summed E-state index contributed by atoms with van der Waals surface area (Å²) in [7, 11) is 0. The molecule has 1 aliphatic rings. The largest absolute Gasteiger partial charge is 0.480 e. The number of anilines is 1. The van der Waals surface area contributed by atoms with E-state index in [2.05, 4.69) is 43.8 Å². The normalized spacial score (nSPS) is 14.9. The maximum Gasteiger partial charge on any atom is 0.341 e. The molecule has 0 aliphatic carbocycles. The number of imide groups is 2. The summed E-state index contributed by atoms with van der Waals surface area (Å²) in [6.45, 7) is 4.97. The van der Waals surface area contributed by atoms with E-state index in [1.54, 1.807) is 36.4 Å². The summed E-state index contributed by atoms with van der Waals surface area (Å²) >= 11 is 6.73. The number of amides is 4. The monoisotopic (exact) mass is 576 g/mol. The number of hydrogen-bond acceptors (Lipinski definition) is 5. The van der Waals surface area contributed by atoms with E-state index in [0.29, 0.717) is 33.5 Å². The average Bonchev–Trinajstić information content (AvgIpc) is 2.73. The Hall–Kier alpha value is -3.24. The smallest absolute Gasteiger partial charge is 0.341 e. The maximum atomic E-state index is 13.1. The van der Waals surface area contributed by atoms with Crippen molar-refractivity contribution >= 4 is 67.4 Å². The number of carbonyl (C=O) groups excluding carboxylic acids is 3. The zero-order valence-corrected chi connectivity index (χ0v) is 20.5. The fraction of sp³-hybridized carbons (Fsp3) is 0.130. The summed E-state index contributed by atoms with van der Waals surface area (Å²) in [6.07, 6.45) is 3.33. The van der Waals surface area contributed by atoms with Crippen molar-refractivity contribution in [1.29, 1.82) is 0 Å². The first-order chi connectivity index (χ1) is 15.6. The maximum absolute atomic E-state index is 13.1. The van der Waals surface area contributed by atoms with Gasteiger partial charge >= 0.3 is 12.0 Å². The molecular formula is C23H18Br2N2O6. The lowest BCUT2D eigenvalue weighted by atomic mass is 10.0. The van der Waals surface area contributed by atoms with E-state index < -0.39 is 30.4 Å². The Morgan fingerprint density at radius 2 is 1.91 bits per heavy atom. The second-order valence-electron chi connectivity index (χ2n) is 7.06. The minimum absolute atomic E-state index is 0.231. The summed E-state index contributed by atoms with van der Waals surface area (Å²) in [4.78, 5) is 49.8. The Bertz CT molecular complexity index is 1220. The van der Waals surface area contributed by atoms with Crippen molar-refractivity contribution in [3.63, 3.8) is 0 Å². The Morgan fingerprint density at radius 1 is 1.18 bits per heavy atom. The average molecular weight is 578 g/mol. The molecule has 10 heteroatoms. The number of carboxylic acid groups (broad SMARTS) is 1. The van der Waals surface area contributed by atoms with E-state index in [-0.39, 0.29) is 5.57 Å². The lowest BCUT2D eigenvalue weighted by Crippen LogP contribution is -2.54. The van der Waals surface area contributed by atoms with Crippen LogP contribution in [0.1, 0.15) is 16.7 Å². The molecule has 33 heavy (non-hydrogen) atoms. The summed E-state index contributed by atoms with van der Waals surface area (Å²) in [5.41, 5.74) is 1.98. The molecule has 0 spiro atoms. The lowest BCUT2D eigenvalue weighted by molar-refractivity contribution is -0.139. The molecule has 2 N–H and O–H groups in total. The number of hydrogen-bond donors (Lipinski definition) is 2. The van der Waals surface area contributed by atoms with Crippen LogP contribution in [0.3, 0.4) is 0 Å². The van der Waals surface area contributed by atoms with E-state index >= 15 is 0 Å². The molecule has 0 aromatic heterocycles. The van der Waals surface area contributed by atoms with E-state index in [1.807, 2.05) is 6.92 Å². The highest BCUT2D eigenvalue weighted by atomic mass is 79.9. The first kappa shape index (κ1) is 24.4. The van der Waals surface area contributed by atoms with Crippen LogP contribution in [-0.4, -0.2) is 35.5 Å². The number of rotatable bonds is 7. The van der Waals surface area contributed by atoms with Crippen LogP contribution in [0, 0.1) is 6.92 Å². The van der Waals surface area contributed by atoms with Crippen LogP contribution in [0.5, 0.6) is 5.75 Å². The zero-order chi connectivity index (χ0) is 24.3. The van der Waals surface area contributed by atoms with Crippen molar-refractivity contribution in [2.75, 3.05) is 11.5 Å². The highest BCUT2D eigenvalue weighted by Crippen LogP contribution is 2.33. The number of aryl methyl sites for hydroxylation is 1. The molecule has 4 amide bonds. The summed E-state index contributed by atoms with van der Waals surface area (Å²) in [5.74, 6) is -2.39. The highest BCUT2D eigenvalue weighted by molar-refractivity contribution is 9.10.